The normalized spacial score (nSPS) is 18.5. The van der Waals surface area contributed by atoms with E-state index in [0.29, 0.717) is 5.69 Å². The molecule has 2 aromatic heterocycles. The number of aryl methyl sites for hydroxylation is 2. The van der Waals surface area contributed by atoms with Gasteiger partial charge < -0.3 is 4.90 Å². The zero-order chi connectivity index (χ0) is 15.5. The van der Waals surface area contributed by atoms with E-state index >= 15 is 0 Å². The van der Waals surface area contributed by atoms with Crippen molar-refractivity contribution in [2.24, 2.45) is 0 Å². The lowest BCUT2D eigenvalue weighted by atomic mass is 10.0. The monoisotopic (exact) mass is 299 g/mol. The lowest BCUT2D eigenvalue weighted by molar-refractivity contribution is 0.0576. The molecule has 6 heteroatoms. The Bertz CT molecular complexity index is 652. The van der Waals surface area contributed by atoms with Gasteiger partial charge in [0.25, 0.3) is 5.91 Å². The maximum absolute atomic E-state index is 12.7. The van der Waals surface area contributed by atoms with E-state index < -0.39 is 0 Å². The van der Waals surface area contributed by atoms with Crippen LogP contribution in [0.4, 0.5) is 0 Å². The fourth-order valence-electron chi connectivity index (χ4n) is 3.07. The van der Waals surface area contributed by atoms with Gasteiger partial charge in [0.1, 0.15) is 5.69 Å². The molecule has 0 radical (unpaired) electrons. The second-order valence-corrected chi connectivity index (χ2v) is 5.85. The minimum Gasteiger partial charge on any atom is -0.332 e. The van der Waals surface area contributed by atoms with Gasteiger partial charge in [-0.2, -0.15) is 5.10 Å². The highest BCUT2D eigenvalue weighted by Gasteiger charge is 2.29. The molecular formula is C16H21N5O. The molecule has 0 spiro atoms. The van der Waals surface area contributed by atoms with Crippen molar-refractivity contribution in [3.05, 3.63) is 41.7 Å². The van der Waals surface area contributed by atoms with Crippen LogP contribution in [0.1, 0.15) is 41.1 Å². The highest BCUT2D eigenvalue weighted by atomic mass is 16.2. The molecule has 0 N–H and O–H groups in total. The summed E-state index contributed by atoms with van der Waals surface area (Å²) in [5.41, 5.74) is 2.57. The predicted molar refractivity (Wildman–Crippen MR) is 82.4 cm³/mol. The average molecular weight is 299 g/mol. The summed E-state index contributed by atoms with van der Waals surface area (Å²) in [5, 5.41) is 4.52. The van der Waals surface area contributed by atoms with Gasteiger partial charge in [-0.3, -0.25) is 14.5 Å². The fraction of sp³-hybridized carbons (Fsp3) is 0.500. The van der Waals surface area contributed by atoms with Crippen molar-refractivity contribution in [2.75, 3.05) is 6.54 Å². The Balaban J connectivity index is 1.79. The molecule has 0 aliphatic carbocycles. The first-order valence-electron chi connectivity index (χ1n) is 7.73. The Morgan fingerprint density at radius 2 is 2.18 bits per heavy atom. The van der Waals surface area contributed by atoms with Crippen molar-refractivity contribution < 1.29 is 4.79 Å². The first kappa shape index (κ1) is 14.7. The standard InChI is InChI=1S/C16H21N5O/c1-12-9-13(2)21(19-12)11-14-5-3-4-8-20(14)16(22)15-10-17-6-7-18-15/h6-7,9-10,14H,3-5,8,11H2,1-2H3/t14-/m0/s1. The van der Waals surface area contributed by atoms with Gasteiger partial charge in [0.05, 0.1) is 24.5 Å². The van der Waals surface area contributed by atoms with E-state index in [2.05, 4.69) is 28.1 Å². The van der Waals surface area contributed by atoms with E-state index in [0.717, 1.165) is 43.7 Å². The van der Waals surface area contributed by atoms with Crippen molar-refractivity contribution in [1.29, 1.82) is 0 Å². The highest BCUT2D eigenvalue weighted by Crippen LogP contribution is 2.21. The Morgan fingerprint density at radius 3 is 2.86 bits per heavy atom. The maximum atomic E-state index is 12.7. The summed E-state index contributed by atoms with van der Waals surface area (Å²) in [6, 6.07) is 2.23. The topological polar surface area (TPSA) is 63.9 Å². The van der Waals surface area contributed by atoms with Crippen LogP contribution in [0.2, 0.25) is 0 Å². The number of rotatable bonds is 3. The third-order valence-corrected chi connectivity index (χ3v) is 4.16. The molecule has 0 bridgehead atoms. The second kappa shape index (κ2) is 6.25. The molecular weight excluding hydrogens is 278 g/mol. The Kier molecular flexibility index (Phi) is 4.18. The summed E-state index contributed by atoms with van der Waals surface area (Å²) in [6.07, 6.45) is 7.88. The van der Waals surface area contributed by atoms with Gasteiger partial charge in [-0.05, 0) is 39.2 Å². The number of amides is 1. The number of aromatic nitrogens is 4. The molecule has 0 saturated carbocycles. The number of piperidine rings is 1. The fourth-order valence-corrected chi connectivity index (χ4v) is 3.07. The first-order valence-corrected chi connectivity index (χ1v) is 7.73. The number of nitrogens with zero attached hydrogens (tertiary/aromatic N) is 5. The maximum Gasteiger partial charge on any atom is 0.274 e. The van der Waals surface area contributed by atoms with Crippen molar-refractivity contribution in [2.45, 2.75) is 45.7 Å². The Morgan fingerprint density at radius 1 is 1.32 bits per heavy atom. The van der Waals surface area contributed by atoms with Gasteiger partial charge in [0.2, 0.25) is 0 Å². The molecule has 22 heavy (non-hydrogen) atoms. The van der Waals surface area contributed by atoms with Crippen molar-refractivity contribution in [3.63, 3.8) is 0 Å². The van der Waals surface area contributed by atoms with Crippen molar-refractivity contribution >= 4 is 5.91 Å². The zero-order valence-electron chi connectivity index (χ0n) is 13.1. The molecule has 0 unspecified atom stereocenters. The van der Waals surface area contributed by atoms with Gasteiger partial charge in [-0.1, -0.05) is 0 Å². The van der Waals surface area contributed by atoms with Crippen LogP contribution in [0, 0.1) is 13.8 Å². The van der Waals surface area contributed by atoms with Crippen LogP contribution in [-0.4, -0.2) is 43.1 Å². The minimum absolute atomic E-state index is 0.0284. The molecule has 1 aliphatic rings. The van der Waals surface area contributed by atoms with Gasteiger partial charge in [0, 0.05) is 24.6 Å². The smallest absolute Gasteiger partial charge is 0.274 e. The van der Waals surface area contributed by atoms with E-state index in [9.17, 15) is 4.79 Å². The number of carbonyl (C=O) groups excluding carboxylic acids is 1. The summed E-state index contributed by atoms with van der Waals surface area (Å²) in [4.78, 5) is 22.8. The number of carbonyl (C=O) groups is 1. The Hall–Kier alpha value is -2.24. The van der Waals surface area contributed by atoms with E-state index in [-0.39, 0.29) is 11.9 Å². The average Bonchev–Trinajstić information content (AvgIpc) is 2.86. The van der Waals surface area contributed by atoms with Crippen LogP contribution in [0.15, 0.2) is 24.7 Å². The van der Waals surface area contributed by atoms with Crippen molar-refractivity contribution in [3.8, 4) is 0 Å². The van der Waals surface area contributed by atoms with Crippen LogP contribution in [0.3, 0.4) is 0 Å². The van der Waals surface area contributed by atoms with Crippen LogP contribution in [0.5, 0.6) is 0 Å². The van der Waals surface area contributed by atoms with E-state index in [4.69, 9.17) is 0 Å². The van der Waals surface area contributed by atoms with Crippen molar-refractivity contribution in [1.82, 2.24) is 24.6 Å². The van der Waals surface area contributed by atoms with Crippen LogP contribution < -0.4 is 0 Å². The van der Waals surface area contributed by atoms with E-state index in [1.165, 1.54) is 6.20 Å². The molecule has 3 heterocycles. The zero-order valence-corrected chi connectivity index (χ0v) is 13.1. The summed E-state index contributed by atoms with van der Waals surface area (Å²) < 4.78 is 2.00. The molecule has 1 amide bonds. The molecule has 3 rings (SSSR count). The number of hydrogen-bond donors (Lipinski definition) is 0. The summed E-state index contributed by atoms with van der Waals surface area (Å²) >= 11 is 0. The largest absolute Gasteiger partial charge is 0.332 e. The molecule has 2 aromatic rings. The number of likely N-dealkylation sites (tertiary alicyclic amines) is 1. The minimum atomic E-state index is -0.0284. The summed E-state index contributed by atoms with van der Waals surface area (Å²) in [5.74, 6) is -0.0284. The third-order valence-electron chi connectivity index (χ3n) is 4.16. The lowest BCUT2D eigenvalue weighted by Gasteiger charge is -2.35. The van der Waals surface area contributed by atoms with Crippen LogP contribution >= 0.6 is 0 Å². The SMILES string of the molecule is Cc1cc(C)n(C[C@@H]2CCCCN2C(=O)c2cnccn2)n1. The van der Waals surface area contributed by atoms with Gasteiger partial charge in [-0.25, -0.2) is 4.98 Å². The van der Waals surface area contributed by atoms with Gasteiger partial charge in [-0.15, -0.1) is 0 Å². The van der Waals surface area contributed by atoms with Crippen LogP contribution in [-0.2, 0) is 6.54 Å². The Labute approximate surface area is 130 Å². The molecule has 1 aliphatic heterocycles. The summed E-state index contributed by atoms with van der Waals surface area (Å²) in [6.45, 7) is 5.57. The molecule has 1 saturated heterocycles. The molecule has 6 nitrogen and oxygen atoms in total. The third kappa shape index (κ3) is 3.00. The summed E-state index contributed by atoms with van der Waals surface area (Å²) in [7, 11) is 0. The van der Waals surface area contributed by atoms with Gasteiger partial charge in [0.15, 0.2) is 0 Å². The molecule has 1 fully saturated rings. The molecule has 1 atom stereocenters. The van der Waals surface area contributed by atoms with E-state index in [1.54, 1.807) is 12.4 Å². The molecule has 116 valence electrons. The quantitative estimate of drug-likeness (QED) is 0.869. The predicted octanol–water partition coefficient (Wildman–Crippen LogP) is 1.98. The highest BCUT2D eigenvalue weighted by molar-refractivity contribution is 5.92. The van der Waals surface area contributed by atoms with Gasteiger partial charge >= 0.3 is 0 Å². The van der Waals surface area contributed by atoms with E-state index in [1.807, 2.05) is 16.5 Å². The van der Waals surface area contributed by atoms with Crippen LogP contribution in [0.25, 0.3) is 0 Å². The second-order valence-electron chi connectivity index (χ2n) is 5.85. The lowest BCUT2D eigenvalue weighted by Crippen LogP contribution is -2.46. The first-order chi connectivity index (χ1) is 10.6. The molecule has 0 aromatic carbocycles. The number of hydrogen-bond acceptors (Lipinski definition) is 4.